The van der Waals surface area contributed by atoms with Crippen molar-refractivity contribution in [1.82, 2.24) is 0 Å². The molecule has 0 radical (unpaired) electrons. The molecule has 0 spiro atoms. The molecule has 0 bridgehead atoms. The van der Waals surface area contributed by atoms with Crippen LogP contribution < -0.4 is 0 Å². The molecule has 1 rings (SSSR count). The van der Waals surface area contributed by atoms with Crippen molar-refractivity contribution in [2.75, 3.05) is 6.61 Å². The van der Waals surface area contributed by atoms with Gasteiger partial charge in [0.2, 0.25) is 0 Å². The van der Waals surface area contributed by atoms with E-state index in [4.69, 9.17) is 0 Å². The van der Waals surface area contributed by atoms with Crippen molar-refractivity contribution < 1.29 is 40.3 Å². The molecular formula is C9H3Br2F7O2S. The first kappa shape index (κ1) is 18.7. The third kappa shape index (κ3) is 3.89. The summed E-state index contributed by atoms with van der Waals surface area (Å²) in [5.41, 5.74) is -0.280. The van der Waals surface area contributed by atoms with Gasteiger partial charge >= 0.3 is 24.0 Å². The quantitative estimate of drug-likeness (QED) is 0.446. The molecule has 1 aromatic heterocycles. The lowest BCUT2D eigenvalue weighted by Crippen LogP contribution is -2.54. The SMILES string of the molecule is O=C(OCC(F)(F)C(F)(F)C(F)(F)F)c1cc(Br)sc1Br. The molecular weight excluding hydrogens is 465 g/mol. The lowest BCUT2D eigenvalue weighted by Gasteiger charge is -2.27. The van der Waals surface area contributed by atoms with Gasteiger partial charge in [0.15, 0.2) is 6.61 Å². The van der Waals surface area contributed by atoms with Crippen molar-refractivity contribution in [2.45, 2.75) is 18.0 Å². The molecule has 1 aromatic rings. The minimum absolute atomic E-state index is 0.144. The molecule has 0 atom stereocenters. The molecule has 0 aliphatic rings. The first-order chi connectivity index (χ1) is 9.29. The number of hydrogen-bond acceptors (Lipinski definition) is 3. The number of rotatable bonds is 4. The molecule has 0 saturated carbocycles. The maximum Gasteiger partial charge on any atom is 0.460 e. The maximum atomic E-state index is 12.9. The normalized spacial score (nSPS) is 13.4. The lowest BCUT2D eigenvalue weighted by molar-refractivity contribution is -0.359. The number of carbonyl (C=O) groups excluding carboxylic acids is 1. The molecule has 120 valence electrons. The molecule has 0 unspecified atom stereocenters. The minimum Gasteiger partial charge on any atom is -0.455 e. The van der Waals surface area contributed by atoms with Crippen LogP contribution in [-0.2, 0) is 4.74 Å². The van der Waals surface area contributed by atoms with E-state index in [1.54, 1.807) is 0 Å². The van der Waals surface area contributed by atoms with Crippen molar-refractivity contribution >= 4 is 49.2 Å². The summed E-state index contributed by atoms with van der Waals surface area (Å²) in [6.07, 6.45) is -6.46. The number of alkyl halides is 7. The van der Waals surface area contributed by atoms with Gasteiger partial charge in [-0.05, 0) is 37.9 Å². The van der Waals surface area contributed by atoms with Crippen molar-refractivity contribution in [2.24, 2.45) is 0 Å². The predicted octanol–water partition coefficient (Wildman–Crippen LogP) is 5.26. The largest absolute Gasteiger partial charge is 0.460 e. The third-order valence-corrected chi connectivity index (χ3v) is 4.42. The summed E-state index contributed by atoms with van der Waals surface area (Å²) in [6.45, 7) is -2.40. The van der Waals surface area contributed by atoms with E-state index in [9.17, 15) is 35.5 Å². The molecule has 0 fully saturated rings. The van der Waals surface area contributed by atoms with Crippen LogP contribution in [0.2, 0.25) is 0 Å². The molecule has 0 aliphatic heterocycles. The average Bonchev–Trinajstić information content (AvgIpc) is 2.64. The fourth-order valence-corrected chi connectivity index (χ4v) is 3.78. The van der Waals surface area contributed by atoms with Crippen LogP contribution in [0.3, 0.4) is 0 Å². The summed E-state index contributed by atoms with van der Waals surface area (Å²) >= 11 is 6.80. The third-order valence-electron chi connectivity index (χ3n) is 2.08. The average molecular weight is 468 g/mol. The molecule has 21 heavy (non-hydrogen) atoms. The Hall–Kier alpha value is -0.360. The van der Waals surface area contributed by atoms with Gasteiger partial charge in [0.25, 0.3) is 0 Å². The highest BCUT2D eigenvalue weighted by molar-refractivity contribution is 9.12. The van der Waals surface area contributed by atoms with Crippen molar-refractivity contribution in [3.05, 3.63) is 19.2 Å². The molecule has 0 aliphatic carbocycles. The second-order valence-electron chi connectivity index (χ2n) is 3.59. The maximum absolute atomic E-state index is 12.9. The van der Waals surface area contributed by atoms with Crippen LogP contribution in [0.5, 0.6) is 0 Å². The summed E-state index contributed by atoms with van der Waals surface area (Å²) in [6, 6.07) is 1.14. The summed E-state index contributed by atoms with van der Waals surface area (Å²) < 4.78 is 90.9. The molecule has 0 N–H and O–H groups in total. The molecule has 0 saturated heterocycles. The Balaban J connectivity index is 2.83. The Labute approximate surface area is 133 Å². The number of halogens is 9. The number of ether oxygens (including phenoxy) is 1. The highest BCUT2D eigenvalue weighted by Crippen LogP contribution is 2.46. The van der Waals surface area contributed by atoms with Crippen molar-refractivity contribution in [1.29, 1.82) is 0 Å². The van der Waals surface area contributed by atoms with E-state index in [0.29, 0.717) is 3.79 Å². The number of hydrogen-bond donors (Lipinski definition) is 0. The molecule has 2 nitrogen and oxygen atoms in total. The second-order valence-corrected chi connectivity index (χ2v) is 7.34. The van der Waals surface area contributed by atoms with Gasteiger partial charge in [0, 0.05) is 0 Å². The van der Waals surface area contributed by atoms with Gasteiger partial charge in [-0.2, -0.15) is 30.7 Å². The zero-order chi connectivity index (χ0) is 16.6. The molecule has 12 heteroatoms. The number of carbonyl (C=O) groups is 1. The first-order valence-corrected chi connectivity index (χ1v) is 7.14. The van der Waals surface area contributed by atoms with E-state index >= 15 is 0 Å². The van der Waals surface area contributed by atoms with Crippen LogP contribution in [-0.4, -0.2) is 30.6 Å². The van der Waals surface area contributed by atoms with Crippen LogP contribution >= 0.6 is 43.2 Å². The fraction of sp³-hybridized carbons (Fsp3) is 0.444. The van der Waals surface area contributed by atoms with Gasteiger partial charge in [0.05, 0.1) is 13.1 Å². The van der Waals surface area contributed by atoms with Crippen molar-refractivity contribution in [3.8, 4) is 0 Å². The summed E-state index contributed by atoms with van der Waals surface area (Å²) in [7, 11) is 0. The van der Waals surface area contributed by atoms with E-state index in [1.165, 1.54) is 0 Å². The monoisotopic (exact) mass is 466 g/mol. The smallest absolute Gasteiger partial charge is 0.455 e. The van der Waals surface area contributed by atoms with Gasteiger partial charge < -0.3 is 4.74 Å². The highest BCUT2D eigenvalue weighted by atomic mass is 79.9. The number of thiophene rings is 1. The topological polar surface area (TPSA) is 26.3 Å². The lowest BCUT2D eigenvalue weighted by atomic mass is 10.2. The van der Waals surface area contributed by atoms with Gasteiger partial charge in [-0.3, -0.25) is 0 Å². The molecule has 1 heterocycles. The first-order valence-electron chi connectivity index (χ1n) is 4.74. The van der Waals surface area contributed by atoms with Crippen LogP contribution in [0, 0.1) is 0 Å². The zero-order valence-electron chi connectivity index (χ0n) is 9.41. The Kier molecular flexibility index (Phi) is 5.37. The van der Waals surface area contributed by atoms with Gasteiger partial charge in [0.1, 0.15) is 0 Å². The highest BCUT2D eigenvalue weighted by Gasteiger charge is 2.73. The number of esters is 1. The van der Waals surface area contributed by atoms with Crippen LogP contribution in [0.15, 0.2) is 13.6 Å². The zero-order valence-corrected chi connectivity index (χ0v) is 13.4. The Morgan fingerprint density at radius 2 is 1.67 bits per heavy atom. The Morgan fingerprint density at radius 3 is 2.05 bits per heavy atom. The van der Waals surface area contributed by atoms with E-state index in [2.05, 4.69) is 36.6 Å². The van der Waals surface area contributed by atoms with Crippen LogP contribution in [0.4, 0.5) is 30.7 Å². The Morgan fingerprint density at radius 1 is 1.14 bits per heavy atom. The van der Waals surface area contributed by atoms with Crippen LogP contribution in [0.1, 0.15) is 10.4 Å². The molecule has 0 amide bonds. The second kappa shape index (κ2) is 6.03. The van der Waals surface area contributed by atoms with Crippen molar-refractivity contribution in [3.63, 3.8) is 0 Å². The van der Waals surface area contributed by atoms with E-state index in [-0.39, 0.29) is 9.35 Å². The minimum atomic E-state index is -6.46. The van der Waals surface area contributed by atoms with E-state index in [1.807, 2.05) is 0 Å². The van der Waals surface area contributed by atoms with E-state index < -0.39 is 30.6 Å². The fourth-order valence-electron chi connectivity index (χ4n) is 1.01. The van der Waals surface area contributed by atoms with Gasteiger partial charge in [-0.25, -0.2) is 4.79 Å². The standard InChI is InChI=1S/C9H3Br2F7O2S/c10-4-1-3(5(11)21-4)6(19)20-2-7(12,13)8(14,15)9(16,17)18/h1H,2H2. The van der Waals surface area contributed by atoms with E-state index in [0.717, 1.165) is 17.4 Å². The predicted molar refractivity (Wildman–Crippen MR) is 66.0 cm³/mol. The Bertz CT molecular complexity index is 541. The summed E-state index contributed by atoms with van der Waals surface area (Å²) in [5.74, 6) is -13.4. The molecule has 0 aromatic carbocycles. The summed E-state index contributed by atoms with van der Waals surface area (Å²) in [5, 5.41) is 0. The van der Waals surface area contributed by atoms with Gasteiger partial charge in [-0.15, -0.1) is 11.3 Å². The van der Waals surface area contributed by atoms with Crippen LogP contribution in [0.25, 0.3) is 0 Å². The summed E-state index contributed by atoms with van der Waals surface area (Å²) in [4.78, 5) is 11.4. The van der Waals surface area contributed by atoms with Gasteiger partial charge in [-0.1, -0.05) is 0 Å².